The van der Waals surface area contributed by atoms with Crippen molar-refractivity contribution in [3.05, 3.63) is 47.2 Å². The Bertz CT molecular complexity index is 1050. The lowest BCUT2D eigenvalue weighted by Crippen LogP contribution is -2.38. The Hall–Kier alpha value is -2.49. The van der Waals surface area contributed by atoms with Gasteiger partial charge >= 0.3 is 0 Å². The van der Waals surface area contributed by atoms with E-state index in [-0.39, 0.29) is 11.7 Å². The molecule has 2 aromatic heterocycles. The minimum atomic E-state index is -0.00183. The van der Waals surface area contributed by atoms with Crippen LogP contribution in [-0.2, 0) is 22.6 Å². The maximum Gasteiger partial charge on any atom is 0.233 e. The molecule has 0 bridgehead atoms. The summed E-state index contributed by atoms with van der Waals surface area (Å²) in [5.41, 5.74) is 0.945. The van der Waals surface area contributed by atoms with Crippen LogP contribution in [0.5, 0.6) is 0 Å². The van der Waals surface area contributed by atoms with Gasteiger partial charge in [-0.25, -0.2) is 0 Å². The van der Waals surface area contributed by atoms with Gasteiger partial charge in [-0.05, 0) is 43.3 Å². The Kier molecular flexibility index (Phi) is 7.39. The largest absolute Gasteiger partial charge is 0.459 e. The van der Waals surface area contributed by atoms with E-state index >= 15 is 0 Å². The van der Waals surface area contributed by atoms with E-state index in [9.17, 15) is 4.79 Å². The first kappa shape index (κ1) is 22.7. The number of aromatic nitrogens is 3. The van der Waals surface area contributed by atoms with Crippen molar-refractivity contribution in [2.24, 2.45) is 0 Å². The number of benzene rings is 1. The van der Waals surface area contributed by atoms with Gasteiger partial charge in [0.25, 0.3) is 0 Å². The van der Waals surface area contributed by atoms with Gasteiger partial charge in [0.1, 0.15) is 11.5 Å². The Balaban J connectivity index is 1.33. The molecule has 1 saturated heterocycles. The van der Waals surface area contributed by atoms with Crippen LogP contribution in [0.3, 0.4) is 0 Å². The number of ether oxygens (including phenoxy) is 1. The van der Waals surface area contributed by atoms with Gasteiger partial charge < -0.3 is 19.0 Å². The number of rotatable bonds is 8. The number of hydrogen-bond donors (Lipinski definition) is 0. The zero-order valence-electron chi connectivity index (χ0n) is 18.2. The molecule has 1 aromatic carbocycles. The molecule has 4 rings (SSSR count). The fraction of sp³-hybridized carbons (Fsp3) is 0.409. The quantitative estimate of drug-likeness (QED) is 0.458. The second-order valence-corrected chi connectivity index (χ2v) is 8.82. The summed E-state index contributed by atoms with van der Waals surface area (Å²) in [5.74, 6) is 2.59. The Labute approximate surface area is 196 Å². The number of amides is 1. The highest BCUT2D eigenvalue weighted by atomic mass is 35.5. The third-order valence-corrected chi connectivity index (χ3v) is 6.44. The Morgan fingerprint density at radius 1 is 1.16 bits per heavy atom. The number of carbonyl (C=O) groups excluding carboxylic acids is 1. The minimum Gasteiger partial charge on any atom is -0.459 e. The molecule has 10 heteroatoms. The maximum atomic E-state index is 12.7. The first-order chi connectivity index (χ1) is 15.5. The highest BCUT2D eigenvalue weighted by Gasteiger charge is 2.21. The Morgan fingerprint density at radius 3 is 2.62 bits per heavy atom. The molecule has 3 aromatic rings. The normalized spacial score (nSPS) is 14.0. The van der Waals surface area contributed by atoms with Crippen LogP contribution in [-0.4, -0.2) is 64.7 Å². The lowest BCUT2D eigenvalue weighted by Gasteiger charge is -2.27. The van der Waals surface area contributed by atoms with Crippen LogP contribution >= 0.6 is 23.4 Å². The first-order valence-electron chi connectivity index (χ1n) is 10.5. The average Bonchev–Trinajstić information content (AvgIpc) is 3.45. The number of furan rings is 1. The average molecular weight is 476 g/mol. The predicted molar refractivity (Wildman–Crippen MR) is 125 cm³/mol. The molecule has 0 saturated carbocycles. The van der Waals surface area contributed by atoms with Gasteiger partial charge in [-0.3, -0.25) is 9.36 Å². The van der Waals surface area contributed by atoms with Crippen LogP contribution in [0.25, 0.3) is 11.3 Å². The smallest absolute Gasteiger partial charge is 0.233 e. The van der Waals surface area contributed by atoms with Gasteiger partial charge in [0.05, 0.1) is 25.5 Å². The molecule has 170 valence electrons. The minimum absolute atomic E-state index is 0.00183. The molecule has 1 fully saturated rings. The van der Waals surface area contributed by atoms with Gasteiger partial charge in [-0.2, -0.15) is 0 Å². The molecule has 1 aliphatic heterocycles. The van der Waals surface area contributed by atoms with Crippen molar-refractivity contribution in [3.8, 4) is 11.3 Å². The molecule has 0 aliphatic carbocycles. The molecular formula is C22H26ClN5O3S. The van der Waals surface area contributed by atoms with Gasteiger partial charge in [0, 0.05) is 37.3 Å². The SMILES string of the molecule is CCn1c(SCC(=O)N(C)Cc2ccc(-c3ccc(Cl)cc3)o2)nnc1N1CCOCC1. The monoisotopic (exact) mass is 475 g/mol. The maximum absolute atomic E-state index is 12.7. The molecule has 0 N–H and O–H groups in total. The summed E-state index contributed by atoms with van der Waals surface area (Å²) in [7, 11) is 1.77. The van der Waals surface area contributed by atoms with Crippen molar-refractivity contribution in [1.82, 2.24) is 19.7 Å². The van der Waals surface area contributed by atoms with E-state index in [0.29, 0.717) is 24.8 Å². The highest BCUT2D eigenvalue weighted by molar-refractivity contribution is 7.99. The van der Waals surface area contributed by atoms with Crippen molar-refractivity contribution in [1.29, 1.82) is 0 Å². The summed E-state index contributed by atoms with van der Waals surface area (Å²) < 4.78 is 13.4. The van der Waals surface area contributed by atoms with Crippen LogP contribution in [0.4, 0.5) is 5.95 Å². The van der Waals surface area contributed by atoms with Gasteiger partial charge in [-0.15, -0.1) is 10.2 Å². The summed E-state index contributed by atoms with van der Waals surface area (Å²) in [5, 5.41) is 10.1. The number of thioether (sulfide) groups is 1. The summed E-state index contributed by atoms with van der Waals surface area (Å²) in [6, 6.07) is 11.3. The van der Waals surface area contributed by atoms with Crippen molar-refractivity contribution >= 4 is 35.2 Å². The molecule has 32 heavy (non-hydrogen) atoms. The van der Waals surface area contributed by atoms with Crippen molar-refractivity contribution in [3.63, 3.8) is 0 Å². The van der Waals surface area contributed by atoms with E-state index in [0.717, 1.165) is 47.8 Å². The van der Waals surface area contributed by atoms with Crippen LogP contribution in [0, 0.1) is 0 Å². The molecule has 0 spiro atoms. The summed E-state index contributed by atoms with van der Waals surface area (Å²) in [4.78, 5) is 16.5. The van der Waals surface area contributed by atoms with Crippen molar-refractivity contribution < 1.29 is 13.9 Å². The van der Waals surface area contributed by atoms with Crippen LogP contribution < -0.4 is 4.90 Å². The number of anilines is 1. The standard InChI is InChI=1S/C22H26ClN5O3S/c1-3-28-21(27-10-12-30-13-11-27)24-25-22(28)32-15-20(29)26(2)14-18-8-9-19(31-18)16-4-6-17(23)7-5-16/h4-9H,3,10-15H2,1-2H3. The fourth-order valence-electron chi connectivity index (χ4n) is 3.45. The fourth-order valence-corrected chi connectivity index (χ4v) is 4.52. The second-order valence-electron chi connectivity index (χ2n) is 7.44. The molecule has 0 radical (unpaired) electrons. The number of morpholine rings is 1. The topological polar surface area (TPSA) is 76.6 Å². The first-order valence-corrected chi connectivity index (χ1v) is 11.9. The van der Waals surface area contributed by atoms with E-state index < -0.39 is 0 Å². The van der Waals surface area contributed by atoms with Crippen molar-refractivity contribution in [2.45, 2.75) is 25.2 Å². The van der Waals surface area contributed by atoms with E-state index in [1.807, 2.05) is 41.0 Å². The Morgan fingerprint density at radius 2 is 1.91 bits per heavy atom. The van der Waals surface area contributed by atoms with Crippen LogP contribution in [0.1, 0.15) is 12.7 Å². The second kappa shape index (κ2) is 10.4. The van der Waals surface area contributed by atoms with Crippen LogP contribution in [0.15, 0.2) is 46.0 Å². The van der Waals surface area contributed by atoms with E-state index in [1.54, 1.807) is 11.9 Å². The zero-order valence-corrected chi connectivity index (χ0v) is 19.7. The van der Waals surface area contributed by atoms with Crippen molar-refractivity contribution in [2.75, 3.05) is 44.0 Å². The molecule has 0 unspecified atom stereocenters. The summed E-state index contributed by atoms with van der Waals surface area (Å²) in [6.45, 7) is 6.17. The number of halogens is 1. The van der Waals surface area contributed by atoms with E-state index in [2.05, 4.69) is 22.0 Å². The molecule has 1 amide bonds. The molecule has 1 aliphatic rings. The lowest BCUT2D eigenvalue weighted by molar-refractivity contribution is -0.127. The van der Waals surface area contributed by atoms with E-state index in [1.165, 1.54) is 11.8 Å². The van der Waals surface area contributed by atoms with Gasteiger partial charge in [0.15, 0.2) is 5.16 Å². The summed E-state index contributed by atoms with van der Waals surface area (Å²) >= 11 is 7.35. The molecular weight excluding hydrogens is 450 g/mol. The summed E-state index contributed by atoms with van der Waals surface area (Å²) in [6.07, 6.45) is 0. The number of carbonyl (C=O) groups is 1. The lowest BCUT2D eigenvalue weighted by atomic mass is 10.2. The molecule has 0 atom stereocenters. The highest BCUT2D eigenvalue weighted by Crippen LogP contribution is 2.25. The third-order valence-electron chi connectivity index (χ3n) is 5.24. The van der Waals surface area contributed by atoms with Crippen LogP contribution in [0.2, 0.25) is 5.02 Å². The van der Waals surface area contributed by atoms with E-state index in [4.69, 9.17) is 20.8 Å². The molecule has 8 nitrogen and oxygen atoms in total. The number of nitrogens with zero attached hydrogens (tertiary/aromatic N) is 5. The predicted octanol–water partition coefficient (Wildman–Crippen LogP) is 3.80. The third kappa shape index (κ3) is 5.28. The van der Waals surface area contributed by atoms with Gasteiger partial charge in [0.2, 0.25) is 11.9 Å². The van der Waals surface area contributed by atoms with Gasteiger partial charge in [-0.1, -0.05) is 23.4 Å². The zero-order chi connectivity index (χ0) is 22.5. The molecule has 3 heterocycles. The number of hydrogen-bond acceptors (Lipinski definition) is 7.